The van der Waals surface area contributed by atoms with Gasteiger partial charge in [0.25, 0.3) is 0 Å². The summed E-state index contributed by atoms with van der Waals surface area (Å²) < 4.78 is 0. The van der Waals surface area contributed by atoms with Crippen LogP contribution in [0.25, 0.3) is 10.9 Å². The summed E-state index contributed by atoms with van der Waals surface area (Å²) >= 11 is 0. The minimum absolute atomic E-state index is 0.0304. The van der Waals surface area contributed by atoms with Gasteiger partial charge in [0.2, 0.25) is 11.8 Å². The van der Waals surface area contributed by atoms with Crippen LogP contribution in [0, 0.1) is 5.92 Å². The van der Waals surface area contributed by atoms with Crippen molar-refractivity contribution >= 4 is 28.7 Å². The first-order valence-electron chi connectivity index (χ1n) is 11.6. The maximum absolute atomic E-state index is 13.1. The summed E-state index contributed by atoms with van der Waals surface area (Å²) in [5.74, 6) is -2.45. The molecule has 186 valence electrons. The van der Waals surface area contributed by atoms with Crippen LogP contribution in [0.4, 0.5) is 0 Å². The van der Waals surface area contributed by atoms with Gasteiger partial charge < -0.3 is 31.6 Å². The molecule has 1 heterocycles. The number of aromatic hydroxyl groups is 1. The molecule has 2 aromatic carbocycles. The van der Waals surface area contributed by atoms with Crippen molar-refractivity contribution in [2.24, 2.45) is 11.7 Å². The van der Waals surface area contributed by atoms with Gasteiger partial charge in [-0.15, -0.1) is 0 Å². The number of fused-ring (bicyclic) bond motifs is 1. The number of carbonyl (C=O) groups excluding carboxylic acids is 2. The second-order valence-electron chi connectivity index (χ2n) is 8.81. The molecule has 0 aliphatic heterocycles. The van der Waals surface area contributed by atoms with Crippen molar-refractivity contribution < 1.29 is 24.6 Å². The molecule has 0 spiro atoms. The number of rotatable bonds is 11. The lowest BCUT2D eigenvalue weighted by Gasteiger charge is -2.26. The van der Waals surface area contributed by atoms with Gasteiger partial charge in [0.15, 0.2) is 0 Å². The molecule has 0 saturated carbocycles. The lowest BCUT2D eigenvalue weighted by molar-refractivity contribution is -0.142. The molecule has 2 amide bonds. The predicted molar refractivity (Wildman–Crippen MR) is 133 cm³/mol. The zero-order valence-electron chi connectivity index (χ0n) is 19.8. The van der Waals surface area contributed by atoms with Crippen LogP contribution in [-0.4, -0.2) is 51.1 Å². The fourth-order valence-corrected chi connectivity index (χ4v) is 3.92. The van der Waals surface area contributed by atoms with E-state index < -0.39 is 35.9 Å². The molecule has 0 aliphatic rings. The van der Waals surface area contributed by atoms with Gasteiger partial charge in [0.05, 0.1) is 6.04 Å². The number of hydrogen-bond acceptors (Lipinski definition) is 5. The number of benzene rings is 2. The van der Waals surface area contributed by atoms with Gasteiger partial charge in [-0.05, 0) is 41.7 Å². The van der Waals surface area contributed by atoms with Crippen molar-refractivity contribution in [3.63, 3.8) is 0 Å². The monoisotopic (exact) mass is 480 g/mol. The van der Waals surface area contributed by atoms with E-state index in [1.54, 1.807) is 12.1 Å². The lowest BCUT2D eigenvalue weighted by atomic mass is 9.96. The van der Waals surface area contributed by atoms with Gasteiger partial charge in [-0.3, -0.25) is 9.59 Å². The number of amides is 2. The minimum atomic E-state index is -1.20. The molecular weight excluding hydrogens is 448 g/mol. The van der Waals surface area contributed by atoms with Crippen molar-refractivity contribution in [1.82, 2.24) is 15.6 Å². The van der Waals surface area contributed by atoms with Gasteiger partial charge in [0.1, 0.15) is 17.8 Å². The van der Waals surface area contributed by atoms with Crippen molar-refractivity contribution in [2.75, 3.05) is 0 Å². The van der Waals surface area contributed by atoms with E-state index in [1.165, 1.54) is 12.1 Å². The number of para-hydroxylation sites is 1. The first-order chi connectivity index (χ1) is 16.7. The second-order valence-corrected chi connectivity index (χ2v) is 8.81. The zero-order chi connectivity index (χ0) is 25.5. The summed E-state index contributed by atoms with van der Waals surface area (Å²) in [4.78, 5) is 41.0. The highest BCUT2D eigenvalue weighted by molar-refractivity contribution is 5.92. The number of aromatic amines is 1. The van der Waals surface area contributed by atoms with Crippen molar-refractivity contribution in [1.29, 1.82) is 0 Å². The number of nitrogens with two attached hydrogens (primary N) is 1. The molecule has 0 bridgehead atoms. The van der Waals surface area contributed by atoms with E-state index in [4.69, 9.17) is 5.73 Å². The van der Waals surface area contributed by atoms with Crippen LogP contribution >= 0.6 is 0 Å². The average Bonchev–Trinajstić information content (AvgIpc) is 3.25. The van der Waals surface area contributed by atoms with E-state index in [0.29, 0.717) is 12.0 Å². The van der Waals surface area contributed by atoms with E-state index in [0.717, 1.165) is 16.5 Å². The minimum Gasteiger partial charge on any atom is -0.508 e. The second kappa shape index (κ2) is 11.5. The Morgan fingerprint density at radius 3 is 2.34 bits per heavy atom. The highest BCUT2D eigenvalue weighted by Gasteiger charge is 2.31. The van der Waals surface area contributed by atoms with Crippen molar-refractivity contribution in [3.05, 3.63) is 65.9 Å². The third kappa shape index (κ3) is 6.60. The molecule has 9 nitrogen and oxygen atoms in total. The molecule has 0 aliphatic carbocycles. The third-order valence-electron chi connectivity index (χ3n) is 6.24. The van der Waals surface area contributed by atoms with E-state index in [2.05, 4.69) is 15.6 Å². The van der Waals surface area contributed by atoms with Crippen LogP contribution in [0.5, 0.6) is 5.75 Å². The number of aliphatic carboxylic acids is 1. The maximum Gasteiger partial charge on any atom is 0.326 e. The number of phenolic OH excluding ortho intramolecular Hbond substituents is 1. The van der Waals surface area contributed by atoms with Gasteiger partial charge in [-0.25, -0.2) is 4.79 Å². The highest BCUT2D eigenvalue weighted by atomic mass is 16.4. The number of hydrogen-bond donors (Lipinski definition) is 6. The normalized spacial score (nSPS) is 14.6. The highest BCUT2D eigenvalue weighted by Crippen LogP contribution is 2.19. The average molecular weight is 481 g/mol. The standard InChI is InChI=1S/C26H32N4O5/c1-3-15(2)23(25(33)29-22(26(34)35)12-16-8-10-18(31)11-9-16)30-24(32)20(27)13-17-14-28-21-7-5-4-6-19(17)21/h4-11,14-15,20,22-23,28,31H,3,12-13,27H2,1-2H3,(H,29,33)(H,30,32)(H,34,35)/t15-,20-,22-,23-/m0/s1. The summed E-state index contributed by atoms with van der Waals surface area (Å²) in [6, 6.07) is 10.8. The Labute approximate surface area is 203 Å². The van der Waals surface area contributed by atoms with Crippen LogP contribution in [0.2, 0.25) is 0 Å². The third-order valence-corrected chi connectivity index (χ3v) is 6.24. The Morgan fingerprint density at radius 1 is 1.00 bits per heavy atom. The molecule has 0 unspecified atom stereocenters. The molecule has 9 heteroatoms. The lowest BCUT2D eigenvalue weighted by Crippen LogP contribution is -2.57. The topological polar surface area (TPSA) is 158 Å². The quantitative estimate of drug-likeness (QED) is 0.247. The Balaban J connectivity index is 1.68. The zero-order valence-corrected chi connectivity index (χ0v) is 19.8. The Morgan fingerprint density at radius 2 is 1.69 bits per heavy atom. The Bertz CT molecular complexity index is 1170. The fraction of sp³-hybridized carbons (Fsp3) is 0.346. The van der Waals surface area contributed by atoms with Gasteiger partial charge >= 0.3 is 5.97 Å². The summed E-state index contributed by atoms with van der Waals surface area (Å²) in [5, 5.41) is 25.3. The van der Waals surface area contributed by atoms with Crippen LogP contribution in [-0.2, 0) is 27.2 Å². The number of carboxylic acids is 1. The molecular formula is C26H32N4O5. The van der Waals surface area contributed by atoms with Crippen LogP contribution in [0.15, 0.2) is 54.7 Å². The van der Waals surface area contributed by atoms with E-state index >= 15 is 0 Å². The number of carboxylic acid groups (broad SMARTS) is 1. The predicted octanol–water partition coefficient (Wildman–Crippen LogP) is 2.09. The summed E-state index contributed by atoms with van der Waals surface area (Å²) in [6.45, 7) is 3.69. The summed E-state index contributed by atoms with van der Waals surface area (Å²) in [5.41, 5.74) is 8.66. The molecule has 3 rings (SSSR count). The van der Waals surface area contributed by atoms with Gasteiger partial charge in [-0.1, -0.05) is 50.6 Å². The smallest absolute Gasteiger partial charge is 0.326 e. The molecule has 3 aromatic rings. The number of carbonyl (C=O) groups is 3. The first-order valence-corrected chi connectivity index (χ1v) is 11.6. The van der Waals surface area contributed by atoms with E-state index in [-0.39, 0.29) is 24.5 Å². The van der Waals surface area contributed by atoms with Crippen LogP contribution < -0.4 is 16.4 Å². The molecule has 0 fully saturated rings. The number of nitrogens with one attached hydrogen (secondary N) is 3. The number of aromatic nitrogens is 1. The largest absolute Gasteiger partial charge is 0.508 e. The molecule has 1 aromatic heterocycles. The first kappa shape index (κ1) is 25.8. The summed E-state index contributed by atoms with van der Waals surface area (Å²) in [7, 11) is 0. The van der Waals surface area contributed by atoms with Gasteiger partial charge in [-0.2, -0.15) is 0 Å². The van der Waals surface area contributed by atoms with Crippen molar-refractivity contribution in [2.45, 2.75) is 51.2 Å². The SMILES string of the molecule is CC[C@H](C)[C@H](NC(=O)[C@@H](N)Cc1c[nH]c2ccccc12)C(=O)N[C@@H](Cc1ccc(O)cc1)C(=O)O. The fourth-order valence-electron chi connectivity index (χ4n) is 3.92. The Kier molecular flexibility index (Phi) is 8.48. The number of phenols is 1. The van der Waals surface area contributed by atoms with E-state index in [9.17, 15) is 24.6 Å². The number of H-pyrrole nitrogens is 1. The van der Waals surface area contributed by atoms with E-state index in [1.807, 2.05) is 44.3 Å². The van der Waals surface area contributed by atoms with Gasteiger partial charge in [0, 0.05) is 23.5 Å². The molecule has 0 radical (unpaired) electrons. The Hall–Kier alpha value is -3.85. The van der Waals surface area contributed by atoms with Crippen molar-refractivity contribution in [3.8, 4) is 5.75 Å². The van der Waals surface area contributed by atoms with Crippen LogP contribution in [0.3, 0.4) is 0 Å². The molecule has 0 saturated heterocycles. The molecule has 4 atom stereocenters. The molecule has 35 heavy (non-hydrogen) atoms. The molecule has 7 N–H and O–H groups in total. The maximum atomic E-state index is 13.1. The summed E-state index contributed by atoms with van der Waals surface area (Å²) in [6.07, 6.45) is 2.72. The van der Waals surface area contributed by atoms with Crippen LogP contribution in [0.1, 0.15) is 31.4 Å².